The van der Waals surface area contributed by atoms with Gasteiger partial charge in [-0.15, -0.1) is 16.9 Å². The van der Waals surface area contributed by atoms with Crippen LogP contribution in [0.25, 0.3) is 0 Å². The number of rotatable bonds is 3. The van der Waals surface area contributed by atoms with Gasteiger partial charge in [0.25, 0.3) is 0 Å². The van der Waals surface area contributed by atoms with Crippen molar-refractivity contribution >= 4 is 29.5 Å². The first-order valence-corrected chi connectivity index (χ1v) is 8.08. The number of anilines is 1. The summed E-state index contributed by atoms with van der Waals surface area (Å²) in [5, 5.41) is 9.50. The van der Waals surface area contributed by atoms with Gasteiger partial charge in [-0.2, -0.15) is 4.98 Å². The van der Waals surface area contributed by atoms with Crippen molar-refractivity contribution in [2.24, 2.45) is 0 Å². The lowest BCUT2D eigenvalue weighted by Crippen LogP contribution is -2.48. The highest BCUT2D eigenvalue weighted by Crippen LogP contribution is 2.47. The summed E-state index contributed by atoms with van der Waals surface area (Å²) in [6, 6.07) is -0.434. The summed E-state index contributed by atoms with van der Waals surface area (Å²) in [6.45, 7) is 6.02. The van der Waals surface area contributed by atoms with Crippen molar-refractivity contribution in [1.29, 1.82) is 0 Å². The Bertz CT molecular complexity index is 587. The van der Waals surface area contributed by atoms with Crippen molar-refractivity contribution in [3.63, 3.8) is 0 Å². The minimum absolute atomic E-state index is 0.0560. The number of aromatic nitrogens is 3. The van der Waals surface area contributed by atoms with E-state index in [1.54, 1.807) is 16.7 Å². The smallest absolute Gasteiger partial charge is 0.250 e. The van der Waals surface area contributed by atoms with Crippen LogP contribution in [0.15, 0.2) is 0 Å². The molecule has 1 aromatic rings. The van der Waals surface area contributed by atoms with Crippen LogP contribution < -0.4 is 5.32 Å². The van der Waals surface area contributed by atoms with Gasteiger partial charge in [-0.25, -0.2) is 0 Å². The van der Waals surface area contributed by atoms with Gasteiger partial charge in [0, 0.05) is 18.1 Å². The largest absolute Gasteiger partial charge is 0.315 e. The van der Waals surface area contributed by atoms with Gasteiger partial charge in [0.1, 0.15) is 11.9 Å². The predicted octanol–water partition coefficient (Wildman–Crippen LogP) is 1.32. The van der Waals surface area contributed by atoms with Crippen LogP contribution in [0.5, 0.6) is 0 Å². The van der Waals surface area contributed by atoms with Crippen LogP contribution in [0.1, 0.15) is 45.4 Å². The second-order valence-corrected chi connectivity index (χ2v) is 7.46. The Morgan fingerprint density at radius 1 is 1.57 bits per heavy atom. The summed E-state index contributed by atoms with van der Waals surface area (Å²) in [4.78, 5) is 30.2. The van der Waals surface area contributed by atoms with Crippen LogP contribution in [0.3, 0.4) is 0 Å². The fraction of sp³-hybridized carbons (Fsp3) is 0.692. The van der Waals surface area contributed by atoms with E-state index in [9.17, 15) is 9.59 Å². The van der Waals surface area contributed by atoms with E-state index in [0.29, 0.717) is 12.2 Å². The molecule has 7 nitrogen and oxygen atoms in total. The topological polar surface area (TPSA) is 91.0 Å². The molecule has 21 heavy (non-hydrogen) atoms. The molecular formula is C13H19N5O2S. The number of nitrogens with zero attached hydrogens (tertiary/aromatic N) is 3. The SMILES string of the molecule is CC(C)c1nc(NC(=O)C2CSC3(C)CCC(=O)N23)n[nH]1. The molecule has 2 unspecified atom stereocenters. The van der Waals surface area contributed by atoms with Crippen LogP contribution >= 0.6 is 11.8 Å². The van der Waals surface area contributed by atoms with E-state index in [2.05, 4.69) is 20.5 Å². The van der Waals surface area contributed by atoms with Gasteiger partial charge in [0.2, 0.25) is 17.8 Å². The molecule has 2 aliphatic heterocycles. The summed E-state index contributed by atoms with van der Waals surface area (Å²) in [7, 11) is 0. The quantitative estimate of drug-likeness (QED) is 0.878. The average Bonchev–Trinajstić information content (AvgIpc) is 3.07. The van der Waals surface area contributed by atoms with Crippen LogP contribution in [-0.2, 0) is 9.59 Å². The normalized spacial score (nSPS) is 28.3. The van der Waals surface area contributed by atoms with Gasteiger partial charge < -0.3 is 4.90 Å². The van der Waals surface area contributed by atoms with Gasteiger partial charge in [-0.1, -0.05) is 13.8 Å². The zero-order valence-electron chi connectivity index (χ0n) is 12.3. The number of fused-ring (bicyclic) bond motifs is 1. The van der Waals surface area contributed by atoms with Crippen LogP contribution in [0.4, 0.5) is 5.95 Å². The number of amides is 2. The van der Waals surface area contributed by atoms with E-state index in [0.717, 1.165) is 12.2 Å². The third-order valence-corrected chi connectivity index (χ3v) is 5.54. The maximum Gasteiger partial charge on any atom is 0.250 e. The second kappa shape index (κ2) is 5.01. The second-order valence-electron chi connectivity index (χ2n) is 5.95. The number of hydrogen-bond acceptors (Lipinski definition) is 5. The lowest BCUT2D eigenvalue weighted by molar-refractivity contribution is -0.135. The maximum absolute atomic E-state index is 12.4. The molecule has 114 valence electrons. The molecule has 2 saturated heterocycles. The van der Waals surface area contributed by atoms with Crippen molar-refractivity contribution in [3.05, 3.63) is 5.82 Å². The average molecular weight is 309 g/mol. The van der Waals surface area contributed by atoms with E-state index in [1.165, 1.54) is 0 Å². The Morgan fingerprint density at radius 2 is 2.33 bits per heavy atom. The molecule has 8 heteroatoms. The Kier molecular flexibility index (Phi) is 3.43. The summed E-state index contributed by atoms with van der Waals surface area (Å²) in [5.74, 6) is 1.68. The van der Waals surface area contributed by atoms with Crippen LogP contribution in [0.2, 0.25) is 0 Å². The molecule has 0 aliphatic carbocycles. The number of carbonyl (C=O) groups is 2. The lowest BCUT2D eigenvalue weighted by Gasteiger charge is -2.29. The number of hydrogen-bond donors (Lipinski definition) is 2. The highest BCUT2D eigenvalue weighted by molar-refractivity contribution is 8.01. The number of H-pyrrole nitrogens is 1. The van der Waals surface area contributed by atoms with Crippen LogP contribution in [0, 0.1) is 0 Å². The van der Waals surface area contributed by atoms with E-state index < -0.39 is 6.04 Å². The molecule has 3 rings (SSSR count). The number of carbonyl (C=O) groups excluding carboxylic acids is 2. The van der Waals surface area contributed by atoms with Crippen molar-refractivity contribution in [3.8, 4) is 0 Å². The Morgan fingerprint density at radius 3 is 3.00 bits per heavy atom. The number of aromatic amines is 1. The minimum atomic E-state index is -0.434. The molecule has 0 saturated carbocycles. The van der Waals surface area contributed by atoms with E-state index >= 15 is 0 Å². The van der Waals surface area contributed by atoms with Crippen molar-refractivity contribution in [2.75, 3.05) is 11.1 Å². The Balaban J connectivity index is 1.72. The number of thioether (sulfide) groups is 1. The standard InChI is InChI=1S/C13H19N5O2S/c1-7(2)10-14-12(17-16-10)15-11(20)8-6-21-13(3)5-4-9(19)18(8)13/h7-8H,4-6H2,1-3H3,(H2,14,15,16,17,20). The van der Waals surface area contributed by atoms with Crippen LogP contribution in [-0.4, -0.2) is 48.6 Å². The summed E-state index contributed by atoms with van der Waals surface area (Å²) < 4.78 is 0. The molecule has 0 bridgehead atoms. The third kappa shape index (κ3) is 2.41. The lowest BCUT2D eigenvalue weighted by atomic mass is 10.2. The first-order valence-electron chi connectivity index (χ1n) is 7.10. The minimum Gasteiger partial charge on any atom is -0.315 e. The van der Waals surface area contributed by atoms with Gasteiger partial charge >= 0.3 is 0 Å². The molecule has 0 aromatic carbocycles. The monoisotopic (exact) mass is 309 g/mol. The Labute approximate surface area is 127 Å². The van der Waals surface area contributed by atoms with Crippen molar-refractivity contribution in [2.45, 2.75) is 50.4 Å². The van der Waals surface area contributed by atoms with E-state index in [-0.39, 0.29) is 28.6 Å². The summed E-state index contributed by atoms with van der Waals surface area (Å²) in [6.07, 6.45) is 1.32. The van der Waals surface area contributed by atoms with Gasteiger partial charge in [-0.05, 0) is 13.3 Å². The molecule has 3 heterocycles. The van der Waals surface area contributed by atoms with Crippen molar-refractivity contribution in [1.82, 2.24) is 20.1 Å². The molecule has 2 aliphatic rings. The third-order valence-electron chi connectivity index (χ3n) is 4.03. The zero-order chi connectivity index (χ0) is 15.2. The molecular weight excluding hydrogens is 290 g/mol. The first kappa shape index (κ1) is 14.4. The van der Waals surface area contributed by atoms with Crippen molar-refractivity contribution < 1.29 is 9.59 Å². The van der Waals surface area contributed by atoms with Gasteiger partial charge in [0.15, 0.2) is 0 Å². The predicted molar refractivity (Wildman–Crippen MR) is 79.8 cm³/mol. The zero-order valence-corrected chi connectivity index (χ0v) is 13.2. The molecule has 0 spiro atoms. The van der Waals surface area contributed by atoms with E-state index in [1.807, 2.05) is 20.8 Å². The fourth-order valence-electron chi connectivity index (χ4n) is 2.80. The molecule has 0 radical (unpaired) electrons. The highest BCUT2D eigenvalue weighted by Gasteiger charge is 2.52. The summed E-state index contributed by atoms with van der Waals surface area (Å²) in [5.41, 5.74) is 0. The molecule has 2 atom stereocenters. The van der Waals surface area contributed by atoms with Gasteiger partial charge in [0.05, 0.1) is 4.87 Å². The molecule has 2 fully saturated rings. The Hall–Kier alpha value is -1.57. The molecule has 2 amide bonds. The molecule has 1 aromatic heterocycles. The number of nitrogens with one attached hydrogen (secondary N) is 2. The highest BCUT2D eigenvalue weighted by atomic mass is 32.2. The maximum atomic E-state index is 12.4. The fourth-order valence-corrected chi connectivity index (χ4v) is 4.23. The first-order chi connectivity index (χ1) is 9.90. The molecule has 2 N–H and O–H groups in total. The van der Waals surface area contributed by atoms with Gasteiger partial charge in [-0.3, -0.25) is 20.0 Å². The van der Waals surface area contributed by atoms with E-state index in [4.69, 9.17) is 0 Å². The summed E-state index contributed by atoms with van der Waals surface area (Å²) >= 11 is 1.67.